The van der Waals surface area contributed by atoms with Gasteiger partial charge in [-0.15, -0.1) is 0 Å². The SMILES string of the molecule is CC(C)(C)OC(=O)N1C[C@@H](c2ccccc2)N(CC(=O)Nc2ccc3c(c2)C[C@@]2(C3)C(=O)Cc3ncccc32)C(=O)C12COCCOC2. The van der Waals surface area contributed by atoms with Gasteiger partial charge in [0.1, 0.15) is 17.9 Å². The molecule has 7 rings (SSSR count). The van der Waals surface area contributed by atoms with E-state index >= 15 is 0 Å². The molecule has 0 saturated carbocycles. The van der Waals surface area contributed by atoms with Crippen molar-refractivity contribution in [1.29, 1.82) is 0 Å². The molecule has 48 heavy (non-hydrogen) atoms. The van der Waals surface area contributed by atoms with Crippen molar-refractivity contribution in [1.82, 2.24) is 14.8 Å². The second-order valence-electron chi connectivity index (χ2n) is 14.2. The molecule has 3 amide bonds. The lowest BCUT2D eigenvalue weighted by Gasteiger charge is -2.51. The molecule has 11 heteroatoms. The number of hydrogen-bond acceptors (Lipinski definition) is 8. The maximum absolute atomic E-state index is 14.6. The van der Waals surface area contributed by atoms with E-state index in [4.69, 9.17) is 14.2 Å². The van der Waals surface area contributed by atoms with Crippen LogP contribution in [-0.2, 0) is 53.3 Å². The minimum Gasteiger partial charge on any atom is -0.444 e. The summed E-state index contributed by atoms with van der Waals surface area (Å²) >= 11 is 0. The van der Waals surface area contributed by atoms with Crippen molar-refractivity contribution in [3.63, 3.8) is 0 Å². The maximum atomic E-state index is 14.6. The number of pyridine rings is 1. The van der Waals surface area contributed by atoms with Gasteiger partial charge in [0.05, 0.1) is 43.6 Å². The summed E-state index contributed by atoms with van der Waals surface area (Å²) in [5.41, 5.74) is 2.35. The Morgan fingerprint density at radius 1 is 0.979 bits per heavy atom. The molecule has 2 spiro atoms. The number of ether oxygens (including phenoxy) is 3. The molecule has 11 nitrogen and oxygen atoms in total. The van der Waals surface area contributed by atoms with Crippen molar-refractivity contribution in [3.05, 3.63) is 94.8 Å². The molecule has 4 aliphatic rings. The Kier molecular flexibility index (Phi) is 8.07. The third-order valence-electron chi connectivity index (χ3n) is 9.82. The molecule has 2 atom stereocenters. The van der Waals surface area contributed by atoms with E-state index in [-0.39, 0.29) is 51.2 Å². The smallest absolute Gasteiger partial charge is 0.411 e. The summed E-state index contributed by atoms with van der Waals surface area (Å²) in [7, 11) is 0. The summed E-state index contributed by atoms with van der Waals surface area (Å²) in [5.74, 6) is -0.664. The third-order valence-corrected chi connectivity index (χ3v) is 9.82. The fraction of sp³-hybridized carbons (Fsp3) is 0.432. The maximum Gasteiger partial charge on any atom is 0.411 e. The lowest BCUT2D eigenvalue weighted by atomic mass is 9.78. The van der Waals surface area contributed by atoms with Crippen LogP contribution in [0, 0.1) is 0 Å². The lowest BCUT2D eigenvalue weighted by molar-refractivity contribution is -0.165. The molecule has 0 unspecified atom stereocenters. The van der Waals surface area contributed by atoms with Gasteiger partial charge in [0.25, 0.3) is 5.91 Å². The van der Waals surface area contributed by atoms with E-state index in [0.29, 0.717) is 24.9 Å². The van der Waals surface area contributed by atoms with Gasteiger partial charge in [0.15, 0.2) is 5.54 Å². The van der Waals surface area contributed by atoms with E-state index in [1.165, 1.54) is 9.80 Å². The molecule has 2 aromatic carbocycles. The second-order valence-corrected chi connectivity index (χ2v) is 14.2. The number of aromatic nitrogens is 1. The third kappa shape index (κ3) is 5.64. The summed E-state index contributed by atoms with van der Waals surface area (Å²) in [6.07, 6.45) is 2.57. The second kappa shape index (κ2) is 12.1. The summed E-state index contributed by atoms with van der Waals surface area (Å²) in [6.45, 7) is 5.50. The van der Waals surface area contributed by atoms with E-state index < -0.39 is 34.6 Å². The van der Waals surface area contributed by atoms with Crippen molar-refractivity contribution in [2.75, 3.05) is 44.8 Å². The number of carbonyl (C=O) groups excluding carboxylic acids is 4. The van der Waals surface area contributed by atoms with Crippen LogP contribution in [0.2, 0.25) is 0 Å². The quantitative estimate of drug-likeness (QED) is 0.451. The molecule has 2 saturated heterocycles. The van der Waals surface area contributed by atoms with Crippen LogP contribution in [0.25, 0.3) is 0 Å². The van der Waals surface area contributed by atoms with Crippen molar-refractivity contribution < 1.29 is 33.4 Å². The summed E-state index contributed by atoms with van der Waals surface area (Å²) < 4.78 is 17.4. The highest BCUT2D eigenvalue weighted by molar-refractivity contribution is 5.99. The average Bonchev–Trinajstić information content (AvgIpc) is 3.44. The van der Waals surface area contributed by atoms with E-state index in [2.05, 4.69) is 10.3 Å². The van der Waals surface area contributed by atoms with E-state index in [0.717, 1.165) is 27.9 Å². The van der Waals surface area contributed by atoms with Gasteiger partial charge >= 0.3 is 6.09 Å². The van der Waals surface area contributed by atoms with Gasteiger partial charge in [0.2, 0.25) is 5.91 Å². The zero-order valence-corrected chi connectivity index (χ0v) is 27.5. The predicted molar refractivity (Wildman–Crippen MR) is 175 cm³/mol. The number of nitrogens with zero attached hydrogens (tertiary/aromatic N) is 3. The summed E-state index contributed by atoms with van der Waals surface area (Å²) in [6, 6.07) is 18.3. The van der Waals surface area contributed by atoms with Crippen LogP contribution in [0.15, 0.2) is 66.9 Å². The fourth-order valence-electron chi connectivity index (χ4n) is 7.58. The van der Waals surface area contributed by atoms with Crippen molar-refractivity contribution in [2.24, 2.45) is 0 Å². The molecule has 0 bridgehead atoms. The van der Waals surface area contributed by atoms with Gasteiger partial charge in [-0.05, 0) is 74.1 Å². The molecule has 1 aromatic heterocycles. The van der Waals surface area contributed by atoms with Gasteiger partial charge in [-0.2, -0.15) is 0 Å². The number of rotatable bonds is 4. The van der Waals surface area contributed by atoms with Crippen LogP contribution >= 0.6 is 0 Å². The molecular weight excluding hydrogens is 612 g/mol. The van der Waals surface area contributed by atoms with Crippen LogP contribution in [0.1, 0.15) is 54.8 Å². The van der Waals surface area contributed by atoms with Gasteiger partial charge < -0.3 is 24.4 Å². The number of piperazine rings is 1. The number of hydrogen-bond donors (Lipinski definition) is 1. The highest BCUT2D eigenvalue weighted by Crippen LogP contribution is 2.46. The Morgan fingerprint density at radius 2 is 1.71 bits per heavy atom. The topological polar surface area (TPSA) is 127 Å². The number of amides is 3. The first-order valence-corrected chi connectivity index (χ1v) is 16.4. The minimum atomic E-state index is -1.51. The fourth-order valence-corrected chi connectivity index (χ4v) is 7.58. The van der Waals surface area contributed by atoms with Crippen LogP contribution in [0.5, 0.6) is 0 Å². The number of anilines is 1. The molecular formula is C37H40N4O7. The largest absolute Gasteiger partial charge is 0.444 e. The van der Waals surface area contributed by atoms with Crippen LogP contribution in [0.4, 0.5) is 10.5 Å². The molecule has 2 fully saturated rings. The van der Waals surface area contributed by atoms with Crippen LogP contribution in [-0.4, -0.2) is 89.1 Å². The summed E-state index contributed by atoms with van der Waals surface area (Å²) in [4.78, 5) is 62.8. The number of nitrogens with one attached hydrogen (secondary N) is 1. The first kappa shape index (κ1) is 32.0. The standard InChI is InChI=1S/C37H40N4O7/c1-35(2,3)48-34(45)41-20-30(24-8-5-4-6-9-24)40(33(44)37(41)22-46-14-15-47-23-37)21-32(43)39-27-12-11-25-18-36(19-26(25)16-27)28-10-7-13-38-29(28)17-31(36)42/h4-13,16,30H,14-15,17-23H2,1-3H3,(H,39,43)/t30-,36+/m0/s1. The molecule has 2 aliphatic carbocycles. The van der Waals surface area contributed by atoms with Gasteiger partial charge in [-0.25, -0.2) is 4.79 Å². The zero-order chi connectivity index (χ0) is 33.7. The molecule has 2 aliphatic heterocycles. The number of ketones is 1. The van der Waals surface area contributed by atoms with Crippen LogP contribution < -0.4 is 5.32 Å². The van der Waals surface area contributed by atoms with Crippen LogP contribution in [0.3, 0.4) is 0 Å². The van der Waals surface area contributed by atoms with Gasteiger partial charge in [-0.3, -0.25) is 24.3 Å². The highest BCUT2D eigenvalue weighted by Gasteiger charge is 2.57. The summed E-state index contributed by atoms with van der Waals surface area (Å²) in [5, 5.41) is 2.99. The Bertz CT molecular complexity index is 1760. The van der Waals surface area contributed by atoms with Crippen molar-refractivity contribution in [3.8, 4) is 0 Å². The molecule has 3 heterocycles. The van der Waals surface area contributed by atoms with Gasteiger partial charge in [-0.1, -0.05) is 42.5 Å². The number of fused-ring (bicyclic) bond motifs is 3. The number of Topliss-reactive ketones (excluding diaryl/α,β-unsaturated/α-hetero) is 1. The Hall–Kier alpha value is -4.61. The van der Waals surface area contributed by atoms with E-state index in [1.54, 1.807) is 27.0 Å². The normalized spacial score (nSPS) is 23.2. The Balaban J connectivity index is 1.15. The molecule has 0 radical (unpaired) electrons. The van der Waals surface area contributed by atoms with Crippen molar-refractivity contribution >= 4 is 29.4 Å². The number of carbonyl (C=O) groups is 4. The van der Waals surface area contributed by atoms with E-state index in [9.17, 15) is 19.2 Å². The number of benzene rings is 2. The molecule has 250 valence electrons. The average molecular weight is 653 g/mol. The monoisotopic (exact) mass is 652 g/mol. The Morgan fingerprint density at radius 3 is 2.44 bits per heavy atom. The first-order valence-electron chi connectivity index (χ1n) is 16.4. The van der Waals surface area contributed by atoms with Gasteiger partial charge in [0, 0.05) is 24.8 Å². The van der Waals surface area contributed by atoms with Crippen molar-refractivity contribution in [2.45, 2.75) is 62.6 Å². The molecule has 1 N–H and O–H groups in total. The predicted octanol–water partition coefficient (Wildman–Crippen LogP) is 3.79. The lowest BCUT2D eigenvalue weighted by Crippen LogP contribution is -2.72. The highest BCUT2D eigenvalue weighted by atomic mass is 16.6. The minimum absolute atomic E-state index is 0.0793. The Labute approximate surface area is 279 Å². The first-order chi connectivity index (χ1) is 23.0. The van der Waals surface area contributed by atoms with E-state index in [1.807, 2.05) is 60.7 Å². The zero-order valence-electron chi connectivity index (χ0n) is 27.5. The molecule has 3 aromatic rings.